The first kappa shape index (κ1) is 7.17. The topological polar surface area (TPSA) is 4.93 Å². The summed E-state index contributed by atoms with van der Waals surface area (Å²) in [6.45, 7) is 5.86. The third kappa shape index (κ3) is 0.866. The highest BCUT2D eigenvalue weighted by atomic mass is 14.9. The average molecular weight is 157 g/mol. The molecular weight excluding hydrogens is 146 g/mol. The Bertz CT molecular complexity index is 423. The summed E-state index contributed by atoms with van der Waals surface area (Å²) in [5.41, 5.74) is 2.45. The van der Waals surface area contributed by atoms with Crippen LogP contribution in [0.5, 0.6) is 0 Å². The Morgan fingerprint density at radius 2 is 2.08 bits per heavy atom. The molecule has 0 amide bonds. The summed E-state index contributed by atoms with van der Waals surface area (Å²) in [5.74, 6) is 0. The Kier molecular flexibility index (Phi) is 1.51. The van der Waals surface area contributed by atoms with Gasteiger partial charge in [-0.2, -0.15) is 0 Å². The third-order valence-corrected chi connectivity index (χ3v) is 2.12. The van der Waals surface area contributed by atoms with Gasteiger partial charge in [-0.3, -0.25) is 0 Å². The SMILES string of the molecule is C=Cn1c(C)cc2ccccc21. The molecule has 2 aromatic rings. The molecule has 0 aliphatic carbocycles. The van der Waals surface area contributed by atoms with Crippen molar-refractivity contribution in [2.75, 3.05) is 0 Å². The minimum absolute atomic E-state index is 1.23. The van der Waals surface area contributed by atoms with Gasteiger partial charge >= 0.3 is 0 Å². The maximum atomic E-state index is 3.78. The largest absolute Gasteiger partial charge is 0.321 e. The molecule has 60 valence electrons. The van der Waals surface area contributed by atoms with Crippen molar-refractivity contribution in [2.45, 2.75) is 6.92 Å². The van der Waals surface area contributed by atoms with E-state index in [0.29, 0.717) is 0 Å². The Balaban J connectivity index is 2.90. The van der Waals surface area contributed by atoms with Crippen LogP contribution in [0, 0.1) is 6.92 Å². The lowest BCUT2D eigenvalue weighted by atomic mass is 10.2. The van der Waals surface area contributed by atoms with Crippen LogP contribution < -0.4 is 0 Å². The molecule has 0 saturated heterocycles. The van der Waals surface area contributed by atoms with Crippen LogP contribution in [0.15, 0.2) is 36.9 Å². The van der Waals surface area contributed by atoms with Crippen LogP contribution in [0.4, 0.5) is 0 Å². The fourth-order valence-electron chi connectivity index (χ4n) is 1.56. The molecule has 0 fully saturated rings. The van der Waals surface area contributed by atoms with E-state index in [1.54, 1.807) is 0 Å². The van der Waals surface area contributed by atoms with Crippen molar-refractivity contribution in [3.8, 4) is 0 Å². The standard InChI is InChI=1S/C11H11N/c1-3-12-9(2)8-10-6-4-5-7-11(10)12/h3-8H,1H2,2H3. The Morgan fingerprint density at radius 1 is 1.33 bits per heavy atom. The van der Waals surface area contributed by atoms with Crippen molar-refractivity contribution in [3.05, 3.63) is 42.6 Å². The molecule has 1 aromatic carbocycles. The number of nitrogens with zero attached hydrogens (tertiary/aromatic N) is 1. The van der Waals surface area contributed by atoms with E-state index in [9.17, 15) is 0 Å². The summed E-state index contributed by atoms with van der Waals surface area (Å²) in [7, 11) is 0. The molecule has 0 radical (unpaired) electrons. The molecule has 0 unspecified atom stereocenters. The number of hydrogen-bond acceptors (Lipinski definition) is 0. The zero-order valence-electron chi connectivity index (χ0n) is 7.12. The molecule has 1 aromatic heterocycles. The van der Waals surface area contributed by atoms with Crippen LogP contribution in [-0.2, 0) is 0 Å². The van der Waals surface area contributed by atoms with E-state index < -0.39 is 0 Å². The van der Waals surface area contributed by atoms with Crippen LogP contribution in [0.3, 0.4) is 0 Å². The lowest BCUT2D eigenvalue weighted by molar-refractivity contribution is 1.13. The molecule has 1 nitrogen and oxygen atoms in total. The van der Waals surface area contributed by atoms with Crippen LogP contribution >= 0.6 is 0 Å². The number of hydrogen-bond donors (Lipinski definition) is 0. The summed E-state index contributed by atoms with van der Waals surface area (Å²) in [5, 5.41) is 1.27. The molecule has 0 bridgehead atoms. The fraction of sp³-hybridized carbons (Fsp3) is 0.0909. The van der Waals surface area contributed by atoms with E-state index in [2.05, 4.69) is 42.3 Å². The van der Waals surface area contributed by atoms with Gasteiger partial charge < -0.3 is 4.57 Å². The van der Waals surface area contributed by atoms with Crippen LogP contribution in [0.1, 0.15) is 5.69 Å². The quantitative estimate of drug-likeness (QED) is 0.599. The molecule has 0 aliphatic heterocycles. The number of benzene rings is 1. The van der Waals surface area contributed by atoms with Gasteiger partial charge in [0, 0.05) is 17.3 Å². The second kappa shape index (κ2) is 2.52. The van der Waals surface area contributed by atoms with Crippen molar-refractivity contribution in [1.29, 1.82) is 0 Å². The Morgan fingerprint density at radius 3 is 2.83 bits per heavy atom. The van der Waals surface area contributed by atoms with Crippen molar-refractivity contribution in [1.82, 2.24) is 4.57 Å². The highest BCUT2D eigenvalue weighted by molar-refractivity contribution is 5.83. The number of para-hydroxylation sites is 1. The minimum Gasteiger partial charge on any atom is -0.321 e. The van der Waals surface area contributed by atoms with Gasteiger partial charge in [0.1, 0.15) is 0 Å². The molecule has 0 N–H and O–H groups in total. The smallest absolute Gasteiger partial charge is 0.0524 e. The van der Waals surface area contributed by atoms with Gasteiger partial charge in [-0.1, -0.05) is 24.8 Å². The highest BCUT2D eigenvalue weighted by Gasteiger charge is 1.99. The summed E-state index contributed by atoms with van der Waals surface area (Å²) in [6, 6.07) is 10.5. The van der Waals surface area contributed by atoms with Gasteiger partial charge in [0.2, 0.25) is 0 Å². The lowest BCUT2D eigenvalue weighted by Gasteiger charge is -1.98. The molecule has 1 heterocycles. The molecule has 1 heteroatoms. The second-order valence-electron chi connectivity index (χ2n) is 2.90. The van der Waals surface area contributed by atoms with Crippen molar-refractivity contribution < 1.29 is 0 Å². The van der Waals surface area contributed by atoms with Gasteiger partial charge in [0.05, 0.1) is 5.52 Å². The second-order valence-corrected chi connectivity index (χ2v) is 2.90. The molecule has 0 aliphatic rings. The van der Waals surface area contributed by atoms with Crippen molar-refractivity contribution in [3.63, 3.8) is 0 Å². The molecule has 2 rings (SSSR count). The molecule has 0 atom stereocenters. The first-order valence-corrected chi connectivity index (χ1v) is 4.02. The number of aromatic nitrogens is 1. The van der Waals surface area contributed by atoms with E-state index in [0.717, 1.165) is 0 Å². The predicted molar refractivity (Wildman–Crippen MR) is 53.1 cm³/mol. The zero-order chi connectivity index (χ0) is 8.55. The summed E-state index contributed by atoms with van der Waals surface area (Å²) < 4.78 is 2.09. The molecule has 12 heavy (non-hydrogen) atoms. The fourth-order valence-corrected chi connectivity index (χ4v) is 1.56. The Labute approximate surface area is 71.9 Å². The van der Waals surface area contributed by atoms with E-state index in [-0.39, 0.29) is 0 Å². The van der Waals surface area contributed by atoms with Crippen LogP contribution in [-0.4, -0.2) is 4.57 Å². The van der Waals surface area contributed by atoms with Crippen LogP contribution in [0.25, 0.3) is 17.1 Å². The predicted octanol–water partition coefficient (Wildman–Crippen LogP) is 3.05. The van der Waals surface area contributed by atoms with E-state index >= 15 is 0 Å². The van der Waals surface area contributed by atoms with Gasteiger partial charge in [0.15, 0.2) is 0 Å². The minimum atomic E-state index is 1.23. The molecule has 0 spiro atoms. The van der Waals surface area contributed by atoms with Gasteiger partial charge in [-0.15, -0.1) is 0 Å². The lowest BCUT2D eigenvalue weighted by Crippen LogP contribution is -1.85. The van der Waals surface area contributed by atoms with Gasteiger partial charge in [-0.25, -0.2) is 0 Å². The normalized spacial score (nSPS) is 10.4. The van der Waals surface area contributed by atoms with Gasteiger partial charge in [-0.05, 0) is 19.1 Å². The summed E-state index contributed by atoms with van der Waals surface area (Å²) in [4.78, 5) is 0. The van der Waals surface area contributed by atoms with E-state index in [1.807, 2.05) is 12.3 Å². The summed E-state index contributed by atoms with van der Waals surface area (Å²) in [6.07, 6.45) is 1.84. The van der Waals surface area contributed by atoms with Crippen molar-refractivity contribution >= 4 is 17.1 Å². The van der Waals surface area contributed by atoms with Crippen molar-refractivity contribution in [2.24, 2.45) is 0 Å². The average Bonchev–Trinajstić information content (AvgIpc) is 2.40. The number of rotatable bonds is 1. The first-order valence-electron chi connectivity index (χ1n) is 4.02. The maximum Gasteiger partial charge on any atom is 0.0524 e. The monoisotopic (exact) mass is 157 g/mol. The van der Waals surface area contributed by atoms with Gasteiger partial charge in [0.25, 0.3) is 0 Å². The first-order chi connectivity index (χ1) is 5.83. The Hall–Kier alpha value is -1.50. The zero-order valence-corrected chi connectivity index (χ0v) is 7.12. The van der Waals surface area contributed by atoms with E-state index in [4.69, 9.17) is 0 Å². The number of fused-ring (bicyclic) bond motifs is 1. The van der Waals surface area contributed by atoms with Crippen LogP contribution in [0.2, 0.25) is 0 Å². The van der Waals surface area contributed by atoms with E-state index in [1.165, 1.54) is 16.6 Å². The molecule has 0 saturated carbocycles. The molecular formula is C11H11N. The summed E-state index contributed by atoms with van der Waals surface area (Å²) >= 11 is 0. The third-order valence-electron chi connectivity index (χ3n) is 2.12. The highest BCUT2D eigenvalue weighted by Crippen LogP contribution is 2.18. The maximum absolute atomic E-state index is 3.78. The number of aryl methyl sites for hydroxylation is 1.